The van der Waals surface area contributed by atoms with Gasteiger partial charge >= 0.3 is 0 Å². The minimum absolute atomic E-state index is 0.138. The van der Waals surface area contributed by atoms with Crippen LogP contribution >= 0.6 is 11.6 Å². The summed E-state index contributed by atoms with van der Waals surface area (Å²) in [4.78, 5) is 7.16. The largest absolute Gasteiger partial charge is 0.370 e. The van der Waals surface area contributed by atoms with Crippen molar-refractivity contribution in [3.8, 4) is 0 Å². The number of pyridine rings is 1. The second-order valence-electron chi connectivity index (χ2n) is 8.59. The average molecular weight is 471 g/mol. The Bertz CT molecular complexity index is 1100. The fourth-order valence-electron chi connectivity index (χ4n) is 5.13. The molecule has 31 heavy (non-hydrogen) atoms. The molecular weight excluding hydrogens is 446 g/mol. The zero-order chi connectivity index (χ0) is 22.4. The van der Waals surface area contributed by atoms with Crippen molar-refractivity contribution in [3.05, 3.63) is 47.1 Å². The first-order chi connectivity index (χ1) is 14.6. The molecule has 2 aromatic rings. The average Bonchev–Trinajstić information content (AvgIpc) is 3.30. The van der Waals surface area contributed by atoms with Crippen LogP contribution in [0.15, 0.2) is 35.2 Å². The van der Waals surface area contributed by atoms with Crippen molar-refractivity contribution in [2.45, 2.75) is 36.6 Å². The summed E-state index contributed by atoms with van der Waals surface area (Å²) < 4.78 is 55.6. The molecule has 1 saturated heterocycles. The molecule has 1 aliphatic heterocycles. The highest BCUT2D eigenvalue weighted by Crippen LogP contribution is 2.49. The van der Waals surface area contributed by atoms with Crippen LogP contribution < -0.4 is 9.62 Å². The van der Waals surface area contributed by atoms with Crippen molar-refractivity contribution in [3.63, 3.8) is 0 Å². The number of sulfonamides is 1. The Morgan fingerprint density at radius 2 is 2.03 bits per heavy atom. The van der Waals surface area contributed by atoms with Gasteiger partial charge in [0.1, 0.15) is 16.5 Å². The standard InChI is InChI=1S/C21H25ClF2N4O2S/c1-27(2)18-5-4-8-21(18)9-10-28(13-21)16-12-15(23)17(11-14(16)22)31(29,30)26-20-7-3-6-19(24)25-20/h3,6-7,11-12,18H,4-5,8-10,13H2,1-2H3,(H,25,26)/t18-,21-/m0/s1. The molecule has 1 aromatic heterocycles. The Morgan fingerprint density at radius 3 is 2.74 bits per heavy atom. The Kier molecular flexibility index (Phi) is 5.87. The first-order valence-electron chi connectivity index (χ1n) is 10.2. The lowest BCUT2D eigenvalue weighted by Crippen LogP contribution is -2.42. The van der Waals surface area contributed by atoms with Gasteiger partial charge in [-0.3, -0.25) is 4.72 Å². The van der Waals surface area contributed by atoms with E-state index in [2.05, 4.69) is 28.7 Å². The van der Waals surface area contributed by atoms with E-state index in [0.717, 1.165) is 50.9 Å². The predicted octanol–water partition coefficient (Wildman–Crippen LogP) is 4.12. The number of nitrogens with one attached hydrogen (secondary N) is 1. The third-order valence-corrected chi connectivity index (χ3v) is 8.13. The van der Waals surface area contributed by atoms with Gasteiger partial charge < -0.3 is 9.80 Å². The maximum Gasteiger partial charge on any atom is 0.266 e. The molecule has 2 heterocycles. The minimum Gasteiger partial charge on any atom is -0.370 e. The number of benzene rings is 1. The molecule has 4 rings (SSSR count). The molecule has 1 spiro atoms. The van der Waals surface area contributed by atoms with E-state index >= 15 is 0 Å². The lowest BCUT2D eigenvalue weighted by Gasteiger charge is -2.36. The minimum atomic E-state index is -4.33. The summed E-state index contributed by atoms with van der Waals surface area (Å²) in [6, 6.07) is 6.41. The van der Waals surface area contributed by atoms with Crippen LogP contribution in [0.2, 0.25) is 5.02 Å². The van der Waals surface area contributed by atoms with Crippen LogP contribution in [0.4, 0.5) is 20.3 Å². The predicted molar refractivity (Wildman–Crippen MR) is 117 cm³/mol. The molecule has 0 unspecified atom stereocenters. The van der Waals surface area contributed by atoms with Gasteiger partial charge in [-0.25, -0.2) is 17.8 Å². The summed E-state index contributed by atoms with van der Waals surface area (Å²) in [6.07, 6.45) is 4.40. The fourth-order valence-corrected chi connectivity index (χ4v) is 6.56. The van der Waals surface area contributed by atoms with Crippen LogP contribution in [-0.4, -0.2) is 51.5 Å². The first kappa shape index (κ1) is 22.2. The summed E-state index contributed by atoms with van der Waals surface area (Å²) in [5.74, 6) is -2.00. The second kappa shape index (κ2) is 8.18. The Morgan fingerprint density at radius 1 is 1.26 bits per heavy atom. The van der Waals surface area contributed by atoms with Gasteiger partial charge in [0, 0.05) is 30.6 Å². The van der Waals surface area contributed by atoms with Crippen LogP contribution in [0, 0.1) is 17.2 Å². The van der Waals surface area contributed by atoms with Crippen LogP contribution in [0.1, 0.15) is 25.7 Å². The lowest BCUT2D eigenvalue weighted by molar-refractivity contribution is 0.153. The van der Waals surface area contributed by atoms with Gasteiger partial charge in [-0.2, -0.15) is 4.39 Å². The van der Waals surface area contributed by atoms with Gasteiger partial charge in [0.25, 0.3) is 10.0 Å². The maximum absolute atomic E-state index is 14.9. The van der Waals surface area contributed by atoms with Crippen molar-refractivity contribution in [2.24, 2.45) is 5.41 Å². The van der Waals surface area contributed by atoms with Crippen molar-refractivity contribution in [1.82, 2.24) is 9.88 Å². The Balaban J connectivity index is 1.59. The molecule has 168 valence electrons. The highest BCUT2D eigenvalue weighted by Gasteiger charge is 2.48. The number of rotatable bonds is 5. The normalized spacial score (nSPS) is 23.8. The van der Waals surface area contributed by atoms with Gasteiger partial charge in [0.05, 0.1) is 10.7 Å². The van der Waals surface area contributed by atoms with Crippen LogP contribution in [0.5, 0.6) is 0 Å². The van der Waals surface area contributed by atoms with Gasteiger partial charge in [-0.15, -0.1) is 0 Å². The number of aromatic nitrogens is 1. The lowest BCUT2D eigenvalue weighted by atomic mass is 9.81. The van der Waals surface area contributed by atoms with Gasteiger partial charge in [0.15, 0.2) is 0 Å². The molecule has 10 heteroatoms. The first-order valence-corrected chi connectivity index (χ1v) is 12.0. The molecule has 6 nitrogen and oxygen atoms in total. The summed E-state index contributed by atoms with van der Waals surface area (Å²) in [5.41, 5.74) is 0.627. The van der Waals surface area contributed by atoms with Gasteiger partial charge in [-0.05, 0) is 51.6 Å². The van der Waals surface area contributed by atoms with Crippen molar-refractivity contribution < 1.29 is 17.2 Å². The number of nitrogens with zero attached hydrogens (tertiary/aromatic N) is 3. The van der Waals surface area contributed by atoms with E-state index in [1.807, 2.05) is 4.90 Å². The number of halogens is 3. The monoisotopic (exact) mass is 470 g/mol. The van der Waals surface area contributed by atoms with Crippen molar-refractivity contribution in [1.29, 1.82) is 0 Å². The quantitative estimate of drug-likeness (QED) is 0.666. The third kappa shape index (κ3) is 4.23. The van der Waals surface area contributed by atoms with Gasteiger partial charge in [-0.1, -0.05) is 24.1 Å². The molecular formula is C21H25ClF2N4O2S. The Labute approximate surface area is 186 Å². The maximum atomic E-state index is 14.9. The molecule has 1 aromatic carbocycles. The van der Waals surface area contributed by atoms with E-state index in [-0.39, 0.29) is 16.3 Å². The molecule has 0 radical (unpaired) electrons. The molecule has 2 aliphatic rings. The molecule has 1 aliphatic carbocycles. The number of anilines is 2. The van der Waals surface area contributed by atoms with E-state index < -0.39 is 26.7 Å². The van der Waals surface area contributed by atoms with E-state index in [0.29, 0.717) is 11.7 Å². The van der Waals surface area contributed by atoms with E-state index in [9.17, 15) is 17.2 Å². The highest BCUT2D eigenvalue weighted by molar-refractivity contribution is 7.92. The second-order valence-corrected chi connectivity index (χ2v) is 10.6. The zero-order valence-electron chi connectivity index (χ0n) is 17.4. The van der Waals surface area contributed by atoms with Crippen LogP contribution in [0.3, 0.4) is 0 Å². The third-order valence-electron chi connectivity index (χ3n) is 6.45. The fraction of sp³-hybridized carbons (Fsp3) is 0.476. The van der Waals surface area contributed by atoms with Gasteiger partial charge in [0.2, 0.25) is 5.95 Å². The van der Waals surface area contributed by atoms with Crippen LogP contribution in [-0.2, 0) is 10.0 Å². The van der Waals surface area contributed by atoms with Crippen molar-refractivity contribution >= 4 is 33.1 Å². The SMILES string of the molecule is CN(C)[C@H]1CCC[C@@]12CCN(c1cc(F)c(S(=O)(=O)Nc3cccc(F)n3)cc1Cl)C2. The van der Waals surface area contributed by atoms with E-state index in [1.54, 1.807) is 0 Å². The summed E-state index contributed by atoms with van der Waals surface area (Å²) in [5, 5.41) is 0.158. The molecule has 2 fully saturated rings. The molecule has 0 amide bonds. The summed E-state index contributed by atoms with van der Waals surface area (Å²) in [7, 11) is -0.149. The molecule has 0 bridgehead atoms. The van der Waals surface area contributed by atoms with Crippen LogP contribution in [0.25, 0.3) is 0 Å². The Hall–Kier alpha value is -1.97. The van der Waals surface area contributed by atoms with E-state index in [1.165, 1.54) is 18.2 Å². The smallest absolute Gasteiger partial charge is 0.266 e. The molecule has 2 atom stereocenters. The zero-order valence-corrected chi connectivity index (χ0v) is 19.0. The van der Waals surface area contributed by atoms with Crippen molar-refractivity contribution in [2.75, 3.05) is 36.8 Å². The summed E-state index contributed by atoms with van der Waals surface area (Å²) in [6.45, 7) is 1.49. The highest BCUT2D eigenvalue weighted by atomic mass is 35.5. The summed E-state index contributed by atoms with van der Waals surface area (Å²) >= 11 is 6.42. The number of hydrogen-bond donors (Lipinski definition) is 1. The molecule has 1 N–H and O–H groups in total. The molecule has 1 saturated carbocycles. The topological polar surface area (TPSA) is 65.5 Å². The van der Waals surface area contributed by atoms with E-state index in [4.69, 9.17) is 11.6 Å². The number of hydrogen-bond acceptors (Lipinski definition) is 5.